The van der Waals surface area contributed by atoms with Crippen LogP contribution in [0.1, 0.15) is 32.3 Å². The van der Waals surface area contributed by atoms with E-state index in [1.54, 1.807) is 12.3 Å². The van der Waals surface area contributed by atoms with E-state index in [0.29, 0.717) is 0 Å². The number of hydrogen-bond acceptors (Lipinski definition) is 2. The van der Waals surface area contributed by atoms with Gasteiger partial charge in [-0.15, -0.1) is 0 Å². The molecular formula is C14H21FN2. The molecular weight excluding hydrogens is 215 g/mol. The Bertz CT molecular complexity index is 382. The second kappa shape index (κ2) is 5.03. The number of piperidine rings is 1. The van der Waals surface area contributed by atoms with Crippen LogP contribution in [0.5, 0.6) is 0 Å². The highest BCUT2D eigenvalue weighted by Gasteiger charge is 2.22. The Morgan fingerprint density at radius 1 is 1.35 bits per heavy atom. The minimum atomic E-state index is -0.378. The Morgan fingerprint density at radius 2 is 2.00 bits per heavy atom. The average molecular weight is 236 g/mol. The van der Waals surface area contributed by atoms with E-state index in [4.69, 9.17) is 0 Å². The van der Waals surface area contributed by atoms with Crippen molar-refractivity contribution in [2.75, 3.05) is 18.0 Å². The fraction of sp³-hybridized carbons (Fsp3) is 0.643. The highest BCUT2D eigenvalue weighted by molar-refractivity contribution is 5.52. The molecule has 0 unspecified atom stereocenters. The molecule has 0 N–H and O–H groups in total. The standard InChI is InChI=1S/C14H21FN2/c1-10(2)12-4-6-17(7-5-12)13-8-14(15)16-9-11(13)3/h8-10,12H,4-7H2,1-3H3. The van der Waals surface area contributed by atoms with Crippen LogP contribution in [0.4, 0.5) is 10.1 Å². The second-order valence-corrected chi connectivity index (χ2v) is 5.36. The number of halogens is 1. The van der Waals surface area contributed by atoms with Crippen molar-refractivity contribution in [1.82, 2.24) is 4.98 Å². The first-order valence-corrected chi connectivity index (χ1v) is 6.45. The molecule has 2 nitrogen and oxygen atoms in total. The van der Waals surface area contributed by atoms with Gasteiger partial charge in [-0.2, -0.15) is 4.39 Å². The van der Waals surface area contributed by atoms with Crippen molar-refractivity contribution in [2.24, 2.45) is 11.8 Å². The Morgan fingerprint density at radius 3 is 2.59 bits per heavy atom. The first-order valence-electron chi connectivity index (χ1n) is 6.45. The first-order chi connectivity index (χ1) is 8.08. The molecule has 0 aromatic carbocycles. The van der Waals surface area contributed by atoms with Crippen molar-refractivity contribution in [1.29, 1.82) is 0 Å². The third kappa shape index (κ3) is 2.76. The van der Waals surface area contributed by atoms with Gasteiger partial charge in [-0.05, 0) is 37.2 Å². The molecule has 1 saturated heterocycles. The van der Waals surface area contributed by atoms with Crippen molar-refractivity contribution in [2.45, 2.75) is 33.6 Å². The average Bonchev–Trinajstić information content (AvgIpc) is 2.32. The Balaban J connectivity index is 2.07. The SMILES string of the molecule is Cc1cnc(F)cc1N1CCC(C(C)C)CC1. The zero-order valence-electron chi connectivity index (χ0n) is 10.9. The van der Waals surface area contributed by atoms with Gasteiger partial charge in [0.25, 0.3) is 0 Å². The van der Waals surface area contributed by atoms with Crippen LogP contribution in [0, 0.1) is 24.7 Å². The van der Waals surface area contributed by atoms with Crippen LogP contribution in [-0.2, 0) is 0 Å². The normalized spacial score (nSPS) is 17.8. The summed E-state index contributed by atoms with van der Waals surface area (Å²) in [6, 6.07) is 1.56. The zero-order valence-corrected chi connectivity index (χ0v) is 10.9. The zero-order chi connectivity index (χ0) is 12.4. The topological polar surface area (TPSA) is 16.1 Å². The van der Waals surface area contributed by atoms with Gasteiger partial charge in [0.05, 0.1) is 0 Å². The molecule has 1 fully saturated rings. The largest absolute Gasteiger partial charge is 0.371 e. The number of nitrogens with zero attached hydrogens (tertiary/aromatic N) is 2. The summed E-state index contributed by atoms with van der Waals surface area (Å²) >= 11 is 0. The molecule has 0 bridgehead atoms. The summed E-state index contributed by atoms with van der Waals surface area (Å²) in [4.78, 5) is 5.97. The van der Waals surface area contributed by atoms with E-state index in [9.17, 15) is 4.39 Å². The number of hydrogen-bond donors (Lipinski definition) is 0. The Hall–Kier alpha value is -1.12. The smallest absolute Gasteiger partial charge is 0.214 e. The number of anilines is 1. The van der Waals surface area contributed by atoms with E-state index < -0.39 is 0 Å². The van der Waals surface area contributed by atoms with Crippen LogP contribution in [0.25, 0.3) is 0 Å². The van der Waals surface area contributed by atoms with Gasteiger partial charge >= 0.3 is 0 Å². The van der Waals surface area contributed by atoms with E-state index in [2.05, 4.69) is 23.7 Å². The molecule has 1 aromatic rings. The Labute approximate surface area is 103 Å². The molecule has 94 valence electrons. The molecule has 0 spiro atoms. The fourth-order valence-electron chi connectivity index (χ4n) is 2.64. The summed E-state index contributed by atoms with van der Waals surface area (Å²) in [6.45, 7) is 8.64. The van der Waals surface area contributed by atoms with Gasteiger partial charge in [-0.25, -0.2) is 4.98 Å². The number of pyridine rings is 1. The number of aryl methyl sites for hydroxylation is 1. The fourth-order valence-corrected chi connectivity index (χ4v) is 2.64. The van der Waals surface area contributed by atoms with Gasteiger partial charge in [-0.3, -0.25) is 0 Å². The van der Waals surface area contributed by atoms with Gasteiger partial charge in [0.2, 0.25) is 5.95 Å². The molecule has 0 aliphatic carbocycles. The monoisotopic (exact) mass is 236 g/mol. The lowest BCUT2D eigenvalue weighted by atomic mass is 9.86. The van der Waals surface area contributed by atoms with Gasteiger partial charge in [0.15, 0.2) is 0 Å². The van der Waals surface area contributed by atoms with Gasteiger partial charge in [-0.1, -0.05) is 13.8 Å². The van der Waals surface area contributed by atoms with Crippen LogP contribution in [0.3, 0.4) is 0 Å². The molecule has 1 aliphatic rings. The van der Waals surface area contributed by atoms with E-state index >= 15 is 0 Å². The van der Waals surface area contributed by atoms with Crippen LogP contribution < -0.4 is 4.90 Å². The molecule has 3 heteroatoms. The van der Waals surface area contributed by atoms with Crippen molar-refractivity contribution in [3.63, 3.8) is 0 Å². The Kier molecular flexibility index (Phi) is 3.65. The third-order valence-electron chi connectivity index (χ3n) is 3.86. The molecule has 1 aliphatic heterocycles. The maximum atomic E-state index is 13.2. The van der Waals surface area contributed by atoms with Crippen LogP contribution in [0.15, 0.2) is 12.3 Å². The summed E-state index contributed by atoms with van der Waals surface area (Å²) in [5.74, 6) is 1.20. The van der Waals surface area contributed by atoms with Gasteiger partial charge in [0, 0.05) is 31.0 Å². The minimum Gasteiger partial charge on any atom is -0.371 e. The van der Waals surface area contributed by atoms with Crippen molar-refractivity contribution >= 4 is 5.69 Å². The van der Waals surface area contributed by atoms with Gasteiger partial charge < -0.3 is 4.90 Å². The lowest BCUT2D eigenvalue weighted by Crippen LogP contribution is -2.35. The summed E-state index contributed by atoms with van der Waals surface area (Å²) in [7, 11) is 0. The van der Waals surface area contributed by atoms with Gasteiger partial charge in [0.1, 0.15) is 0 Å². The lowest BCUT2D eigenvalue weighted by Gasteiger charge is -2.36. The molecule has 0 amide bonds. The van der Waals surface area contributed by atoms with E-state index in [1.807, 2.05) is 6.92 Å². The maximum absolute atomic E-state index is 13.2. The quantitative estimate of drug-likeness (QED) is 0.732. The molecule has 2 rings (SSSR count). The molecule has 2 heterocycles. The van der Waals surface area contributed by atoms with E-state index in [0.717, 1.165) is 36.2 Å². The second-order valence-electron chi connectivity index (χ2n) is 5.36. The molecule has 17 heavy (non-hydrogen) atoms. The predicted molar refractivity (Wildman–Crippen MR) is 68.7 cm³/mol. The molecule has 0 radical (unpaired) electrons. The van der Waals surface area contributed by atoms with Crippen molar-refractivity contribution < 1.29 is 4.39 Å². The maximum Gasteiger partial charge on any atom is 0.214 e. The van der Waals surface area contributed by atoms with Crippen molar-refractivity contribution in [3.05, 3.63) is 23.8 Å². The van der Waals surface area contributed by atoms with Crippen molar-refractivity contribution in [3.8, 4) is 0 Å². The first kappa shape index (κ1) is 12.3. The molecule has 0 saturated carbocycles. The summed E-state index contributed by atoms with van der Waals surface area (Å²) in [6.07, 6.45) is 4.04. The van der Waals surface area contributed by atoms with Crippen LogP contribution in [0.2, 0.25) is 0 Å². The summed E-state index contributed by atoms with van der Waals surface area (Å²) in [5, 5.41) is 0. The van der Waals surface area contributed by atoms with E-state index in [-0.39, 0.29) is 5.95 Å². The number of rotatable bonds is 2. The number of aromatic nitrogens is 1. The minimum absolute atomic E-state index is 0.378. The van der Waals surface area contributed by atoms with Crippen LogP contribution >= 0.6 is 0 Å². The van der Waals surface area contributed by atoms with E-state index in [1.165, 1.54) is 12.8 Å². The summed E-state index contributed by atoms with van der Waals surface area (Å²) < 4.78 is 13.2. The predicted octanol–water partition coefficient (Wildman–Crippen LogP) is 3.40. The highest BCUT2D eigenvalue weighted by atomic mass is 19.1. The molecule has 1 aromatic heterocycles. The summed E-state index contributed by atoms with van der Waals surface area (Å²) in [5.41, 5.74) is 2.08. The van der Waals surface area contributed by atoms with Crippen LogP contribution in [-0.4, -0.2) is 18.1 Å². The third-order valence-corrected chi connectivity index (χ3v) is 3.86. The lowest BCUT2D eigenvalue weighted by molar-refractivity contribution is 0.311. The molecule has 0 atom stereocenters. The highest BCUT2D eigenvalue weighted by Crippen LogP contribution is 2.29.